The van der Waals surface area contributed by atoms with Crippen molar-refractivity contribution in [1.82, 2.24) is 9.78 Å². The highest BCUT2D eigenvalue weighted by molar-refractivity contribution is 7.99. The Morgan fingerprint density at radius 1 is 1.31 bits per heavy atom. The summed E-state index contributed by atoms with van der Waals surface area (Å²) in [5, 5.41) is 4.14. The van der Waals surface area contributed by atoms with Gasteiger partial charge >= 0.3 is 0 Å². The van der Waals surface area contributed by atoms with Crippen molar-refractivity contribution in [3.05, 3.63) is 42.2 Å². The molecule has 0 radical (unpaired) electrons. The third-order valence-electron chi connectivity index (χ3n) is 2.30. The summed E-state index contributed by atoms with van der Waals surface area (Å²) in [7, 11) is 1.94. The molecule has 0 fully saturated rings. The van der Waals surface area contributed by atoms with E-state index in [1.165, 1.54) is 10.5 Å². The van der Waals surface area contributed by atoms with Crippen LogP contribution in [0.25, 0.3) is 0 Å². The van der Waals surface area contributed by atoms with Gasteiger partial charge in [-0.15, -0.1) is 11.8 Å². The zero-order valence-electron chi connectivity index (χ0n) is 9.26. The molecule has 0 aliphatic carbocycles. The van der Waals surface area contributed by atoms with Crippen LogP contribution in [0, 0.1) is 0 Å². The second kappa shape index (κ2) is 5.07. The van der Waals surface area contributed by atoms with E-state index in [4.69, 9.17) is 5.73 Å². The fourth-order valence-electron chi connectivity index (χ4n) is 1.45. The summed E-state index contributed by atoms with van der Waals surface area (Å²) in [4.78, 5) is 1.26. The van der Waals surface area contributed by atoms with Crippen LogP contribution in [0.5, 0.6) is 0 Å². The summed E-state index contributed by atoms with van der Waals surface area (Å²) in [6, 6.07) is 7.99. The molecule has 2 aromatic rings. The van der Waals surface area contributed by atoms with Crippen molar-refractivity contribution in [2.24, 2.45) is 7.05 Å². The zero-order chi connectivity index (χ0) is 11.4. The highest BCUT2D eigenvalue weighted by Gasteiger charge is 1.98. The molecule has 4 heteroatoms. The van der Waals surface area contributed by atoms with Gasteiger partial charge in [0.15, 0.2) is 0 Å². The molecular formula is C12H15N3S. The molecule has 16 heavy (non-hydrogen) atoms. The van der Waals surface area contributed by atoms with Crippen LogP contribution in [0.4, 0.5) is 5.69 Å². The van der Waals surface area contributed by atoms with Crippen LogP contribution in [0.3, 0.4) is 0 Å². The SMILES string of the molecule is Cn1cc(CCSc2ccc(N)cc2)cn1. The molecule has 1 heterocycles. The Balaban J connectivity index is 1.82. The molecule has 0 amide bonds. The van der Waals surface area contributed by atoms with Gasteiger partial charge in [0, 0.05) is 29.6 Å². The summed E-state index contributed by atoms with van der Waals surface area (Å²) in [6.45, 7) is 0. The number of rotatable bonds is 4. The molecule has 0 aliphatic heterocycles. The van der Waals surface area contributed by atoms with Gasteiger partial charge in [-0.25, -0.2) is 0 Å². The number of hydrogen-bond donors (Lipinski definition) is 1. The molecule has 84 valence electrons. The van der Waals surface area contributed by atoms with E-state index >= 15 is 0 Å². The maximum Gasteiger partial charge on any atom is 0.0521 e. The van der Waals surface area contributed by atoms with E-state index < -0.39 is 0 Å². The van der Waals surface area contributed by atoms with Crippen LogP contribution in [-0.4, -0.2) is 15.5 Å². The van der Waals surface area contributed by atoms with E-state index in [9.17, 15) is 0 Å². The lowest BCUT2D eigenvalue weighted by molar-refractivity contribution is 0.767. The number of anilines is 1. The average molecular weight is 233 g/mol. The Hall–Kier alpha value is -1.42. The number of benzene rings is 1. The Labute approximate surface area is 99.7 Å². The largest absolute Gasteiger partial charge is 0.399 e. The van der Waals surface area contributed by atoms with Crippen LogP contribution >= 0.6 is 11.8 Å². The fraction of sp³-hybridized carbons (Fsp3) is 0.250. The molecule has 0 aliphatic rings. The Morgan fingerprint density at radius 2 is 2.06 bits per heavy atom. The molecule has 3 nitrogen and oxygen atoms in total. The maximum atomic E-state index is 5.63. The highest BCUT2D eigenvalue weighted by atomic mass is 32.2. The summed E-state index contributed by atoms with van der Waals surface area (Å²) >= 11 is 1.84. The lowest BCUT2D eigenvalue weighted by Gasteiger charge is -2.00. The predicted octanol–water partition coefficient (Wildman–Crippen LogP) is 2.34. The minimum absolute atomic E-state index is 0.816. The summed E-state index contributed by atoms with van der Waals surface area (Å²) in [6.07, 6.45) is 5.02. The first-order chi connectivity index (χ1) is 7.74. The number of aromatic nitrogens is 2. The van der Waals surface area contributed by atoms with Gasteiger partial charge in [0.05, 0.1) is 6.20 Å². The van der Waals surface area contributed by atoms with Crippen molar-refractivity contribution in [1.29, 1.82) is 0 Å². The van der Waals surface area contributed by atoms with E-state index in [-0.39, 0.29) is 0 Å². The van der Waals surface area contributed by atoms with Crippen LogP contribution in [0.2, 0.25) is 0 Å². The lowest BCUT2D eigenvalue weighted by atomic mass is 10.3. The smallest absolute Gasteiger partial charge is 0.0521 e. The molecule has 1 aromatic carbocycles. The molecule has 0 spiro atoms. The Morgan fingerprint density at radius 3 is 2.69 bits per heavy atom. The predicted molar refractivity (Wildman–Crippen MR) is 68.5 cm³/mol. The van der Waals surface area contributed by atoms with Gasteiger partial charge in [-0.1, -0.05) is 0 Å². The Kier molecular flexibility index (Phi) is 3.51. The van der Waals surface area contributed by atoms with E-state index in [2.05, 4.69) is 23.4 Å². The molecule has 0 saturated carbocycles. The standard InChI is InChI=1S/C12H15N3S/c1-15-9-10(8-14-15)6-7-16-12-4-2-11(13)3-5-12/h2-5,8-9H,6-7,13H2,1H3. The highest BCUT2D eigenvalue weighted by Crippen LogP contribution is 2.20. The van der Waals surface area contributed by atoms with Gasteiger partial charge in [-0.2, -0.15) is 5.10 Å². The van der Waals surface area contributed by atoms with Crippen LogP contribution in [-0.2, 0) is 13.5 Å². The first-order valence-electron chi connectivity index (χ1n) is 5.20. The summed E-state index contributed by atoms with van der Waals surface area (Å²) in [5.74, 6) is 1.07. The lowest BCUT2D eigenvalue weighted by Crippen LogP contribution is -1.88. The van der Waals surface area contributed by atoms with Crippen LogP contribution in [0.15, 0.2) is 41.6 Å². The molecule has 0 bridgehead atoms. The summed E-state index contributed by atoms with van der Waals surface area (Å²) < 4.78 is 1.84. The van der Waals surface area contributed by atoms with Crippen molar-refractivity contribution in [2.75, 3.05) is 11.5 Å². The van der Waals surface area contributed by atoms with Crippen molar-refractivity contribution < 1.29 is 0 Å². The average Bonchev–Trinajstić information content (AvgIpc) is 2.67. The quantitative estimate of drug-likeness (QED) is 0.651. The first-order valence-corrected chi connectivity index (χ1v) is 6.18. The molecule has 0 atom stereocenters. The monoisotopic (exact) mass is 233 g/mol. The van der Waals surface area contributed by atoms with Crippen LogP contribution < -0.4 is 5.73 Å². The van der Waals surface area contributed by atoms with Gasteiger partial charge in [0.25, 0.3) is 0 Å². The third kappa shape index (κ3) is 3.03. The molecule has 2 rings (SSSR count). The maximum absolute atomic E-state index is 5.63. The number of nitrogens with two attached hydrogens (primary N) is 1. The third-order valence-corrected chi connectivity index (χ3v) is 3.31. The van der Waals surface area contributed by atoms with Gasteiger partial charge in [0.1, 0.15) is 0 Å². The summed E-state index contributed by atoms with van der Waals surface area (Å²) in [5.41, 5.74) is 7.73. The number of nitrogens with zero attached hydrogens (tertiary/aromatic N) is 2. The topological polar surface area (TPSA) is 43.8 Å². The van der Waals surface area contributed by atoms with E-state index in [0.717, 1.165) is 17.9 Å². The van der Waals surface area contributed by atoms with Crippen molar-refractivity contribution in [3.8, 4) is 0 Å². The minimum Gasteiger partial charge on any atom is -0.399 e. The zero-order valence-corrected chi connectivity index (χ0v) is 10.1. The number of thioether (sulfide) groups is 1. The Bertz CT molecular complexity index is 448. The molecule has 0 unspecified atom stereocenters. The molecule has 2 N–H and O–H groups in total. The van der Waals surface area contributed by atoms with Crippen molar-refractivity contribution in [3.63, 3.8) is 0 Å². The number of hydrogen-bond acceptors (Lipinski definition) is 3. The van der Waals surface area contributed by atoms with E-state index in [1.807, 2.05) is 41.8 Å². The van der Waals surface area contributed by atoms with Crippen molar-refractivity contribution >= 4 is 17.4 Å². The second-order valence-corrected chi connectivity index (χ2v) is 4.86. The number of aryl methyl sites for hydroxylation is 2. The molecule has 0 saturated heterocycles. The van der Waals surface area contributed by atoms with Crippen molar-refractivity contribution in [2.45, 2.75) is 11.3 Å². The van der Waals surface area contributed by atoms with Gasteiger partial charge in [-0.3, -0.25) is 4.68 Å². The molecule has 1 aromatic heterocycles. The van der Waals surface area contributed by atoms with E-state index in [1.54, 1.807) is 0 Å². The van der Waals surface area contributed by atoms with Gasteiger partial charge in [0.2, 0.25) is 0 Å². The minimum atomic E-state index is 0.816. The fourth-order valence-corrected chi connectivity index (χ4v) is 2.35. The normalized spacial score (nSPS) is 10.6. The van der Waals surface area contributed by atoms with Gasteiger partial charge < -0.3 is 5.73 Å². The first kappa shape index (κ1) is 11.1. The van der Waals surface area contributed by atoms with Gasteiger partial charge in [-0.05, 0) is 36.2 Å². The number of nitrogen functional groups attached to an aromatic ring is 1. The van der Waals surface area contributed by atoms with E-state index in [0.29, 0.717) is 0 Å². The second-order valence-electron chi connectivity index (χ2n) is 3.69. The molecular weight excluding hydrogens is 218 g/mol. The van der Waals surface area contributed by atoms with Crippen LogP contribution in [0.1, 0.15) is 5.56 Å².